The minimum Gasteiger partial charge on any atom is -0.480 e. The Hall–Kier alpha value is -0.950. The second-order valence-corrected chi connectivity index (χ2v) is 4.87. The van der Waals surface area contributed by atoms with E-state index in [0.29, 0.717) is 13.1 Å². The number of likely N-dealkylation sites (tertiary alicyclic amines) is 1. The fraction of sp³-hybridized carbons (Fsp3) is 0.545. The van der Waals surface area contributed by atoms with Gasteiger partial charge in [-0.2, -0.15) is 11.3 Å². The van der Waals surface area contributed by atoms with Crippen molar-refractivity contribution in [3.8, 4) is 0 Å². The lowest BCUT2D eigenvalue weighted by Crippen LogP contribution is -2.33. The summed E-state index contributed by atoms with van der Waals surface area (Å²) < 4.78 is 5.12. The van der Waals surface area contributed by atoms with Gasteiger partial charge in [0.1, 0.15) is 6.04 Å². The molecule has 2 heterocycles. The van der Waals surface area contributed by atoms with Gasteiger partial charge in [0, 0.05) is 20.2 Å². The molecule has 3 atom stereocenters. The standard InChI is InChI=1S/C11H15NO4S/c1-16-9-5-12(4-8(9)13)10(11(14)15)7-2-3-17-6-7/h2-3,6,8-10,13H,4-5H2,1H3,(H,14,15)/t8-,9-,10?/m1/s1. The Morgan fingerprint density at radius 1 is 1.65 bits per heavy atom. The van der Waals surface area contributed by atoms with E-state index in [1.54, 1.807) is 11.0 Å². The van der Waals surface area contributed by atoms with Crippen molar-refractivity contribution in [2.75, 3.05) is 20.2 Å². The maximum atomic E-state index is 11.3. The smallest absolute Gasteiger partial charge is 0.325 e. The van der Waals surface area contributed by atoms with Gasteiger partial charge < -0.3 is 14.9 Å². The molecule has 1 aliphatic heterocycles. The first kappa shape index (κ1) is 12.5. The van der Waals surface area contributed by atoms with E-state index in [1.807, 2.05) is 10.8 Å². The van der Waals surface area contributed by atoms with Crippen LogP contribution in [0, 0.1) is 0 Å². The highest BCUT2D eigenvalue weighted by Crippen LogP contribution is 2.28. The Bertz CT molecular complexity index is 381. The molecule has 6 heteroatoms. The topological polar surface area (TPSA) is 70.0 Å². The number of nitrogens with zero attached hydrogens (tertiary/aromatic N) is 1. The minimum atomic E-state index is -0.896. The van der Waals surface area contributed by atoms with E-state index < -0.39 is 18.1 Å². The highest BCUT2D eigenvalue weighted by Gasteiger charge is 2.38. The lowest BCUT2D eigenvalue weighted by Gasteiger charge is -2.23. The maximum absolute atomic E-state index is 11.3. The molecule has 2 rings (SSSR count). The van der Waals surface area contributed by atoms with Crippen LogP contribution in [0.25, 0.3) is 0 Å². The molecule has 0 bridgehead atoms. The Labute approximate surface area is 103 Å². The van der Waals surface area contributed by atoms with Crippen molar-refractivity contribution in [3.63, 3.8) is 0 Å². The summed E-state index contributed by atoms with van der Waals surface area (Å²) in [6, 6.07) is 1.10. The quantitative estimate of drug-likeness (QED) is 0.825. The van der Waals surface area contributed by atoms with Gasteiger partial charge in [-0.3, -0.25) is 9.69 Å². The van der Waals surface area contributed by atoms with Crippen molar-refractivity contribution < 1.29 is 19.7 Å². The molecule has 0 aliphatic carbocycles. The van der Waals surface area contributed by atoms with Crippen LogP contribution in [-0.2, 0) is 9.53 Å². The molecular weight excluding hydrogens is 242 g/mol. The van der Waals surface area contributed by atoms with Crippen LogP contribution in [0.5, 0.6) is 0 Å². The normalized spacial score (nSPS) is 27.2. The van der Waals surface area contributed by atoms with Gasteiger partial charge in [0.15, 0.2) is 0 Å². The van der Waals surface area contributed by atoms with E-state index in [1.165, 1.54) is 18.4 Å². The molecule has 2 N–H and O–H groups in total. The molecule has 5 nitrogen and oxygen atoms in total. The zero-order chi connectivity index (χ0) is 12.4. The van der Waals surface area contributed by atoms with Crippen LogP contribution in [-0.4, -0.2) is 53.5 Å². The third-order valence-electron chi connectivity index (χ3n) is 3.03. The summed E-state index contributed by atoms with van der Waals surface area (Å²) in [5.41, 5.74) is 0.756. The zero-order valence-electron chi connectivity index (χ0n) is 9.44. The summed E-state index contributed by atoms with van der Waals surface area (Å²) >= 11 is 1.47. The first-order valence-corrected chi connectivity index (χ1v) is 6.27. The molecule has 1 unspecified atom stereocenters. The van der Waals surface area contributed by atoms with Crippen LogP contribution in [0.15, 0.2) is 16.8 Å². The van der Waals surface area contributed by atoms with Crippen LogP contribution in [0.2, 0.25) is 0 Å². The summed E-state index contributed by atoms with van der Waals surface area (Å²) in [5.74, 6) is -0.896. The summed E-state index contributed by atoms with van der Waals surface area (Å²) in [7, 11) is 1.53. The van der Waals surface area contributed by atoms with E-state index >= 15 is 0 Å². The molecule has 0 aromatic carbocycles. The maximum Gasteiger partial charge on any atom is 0.325 e. The second-order valence-electron chi connectivity index (χ2n) is 4.09. The fourth-order valence-electron chi connectivity index (χ4n) is 2.17. The first-order chi connectivity index (χ1) is 8.13. The number of rotatable bonds is 4. The molecule has 1 aromatic rings. The Morgan fingerprint density at radius 3 is 2.88 bits per heavy atom. The van der Waals surface area contributed by atoms with Crippen LogP contribution < -0.4 is 0 Å². The number of aliphatic hydroxyl groups excluding tert-OH is 1. The predicted octanol–water partition coefficient (Wildman–Crippen LogP) is 0.565. The number of thiophene rings is 1. The van der Waals surface area contributed by atoms with Crippen molar-refractivity contribution in [2.45, 2.75) is 18.2 Å². The number of carboxylic acids is 1. The van der Waals surface area contributed by atoms with Crippen LogP contribution in [0.4, 0.5) is 0 Å². The average molecular weight is 257 g/mol. The molecule has 0 amide bonds. The number of ether oxygens (including phenoxy) is 1. The van der Waals surface area contributed by atoms with Gasteiger partial charge in [0.2, 0.25) is 0 Å². The van der Waals surface area contributed by atoms with Gasteiger partial charge in [-0.1, -0.05) is 0 Å². The number of aliphatic carboxylic acids is 1. The third-order valence-corrected chi connectivity index (χ3v) is 3.73. The van der Waals surface area contributed by atoms with Crippen LogP contribution in [0.3, 0.4) is 0 Å². The van der Waals surface area contributed by atoms with Gasteiger partial charge in [-0.15, -0.1) is 0 Å². The molecule has 0 radical (unpaired) electrons. The number of carboxylic acid groups (broad SMARTS) is 1. The molecule has 94 valence electrons. The lowest BCUT2D eigenvalue weighted by molar-refractivity contribution is -0.143. The molecule has 1 aliphatic rings. The first-order valence-electron chi connectivity index (χ1n) is 5.33. The Kier molecular flexibility index (Phi) is 3.78. The van der Waals surface area contributed by atoms with Crippen LogP contribution in [0.1, 0.15) is 11.6 Å². The number of hydrogen-bond acceptors (Lipinski definition) is 5. The SMILES string of the molecule is CO[C@@H]1CN(C(C(=O)O)c2ccsc2)C[C@H]1O. The molecule has 0 saturated carbocycles. The number of β-amino-alcohol motifs (C(OH)–C–C–N with tert-alkyl or cyclic N) is 1. The molecule has 1 fully saturated rings. The second kappa shape index (κ2) is 5.14. The van der Waals surface area contributed by atoms with Gasteiger partial charge in [0.05, 0.1) is 12.2 Å². The largest absolute Gasteiger partial charge is 0.480 e. The predicted molar refractivity (Wildman–Crippen MR) is 63.1 cm³/mol. The summed E-state index contributed by atoms with van der Waals surface area (Å²) in [5, 5.41) is 22.7. The molecule has 1 saturated heterocycles. The monoisotopic (exact) mass is 257 g/mol. The Morgan fingerprint density at radius 2 is 2.41 bits per heavy atom. The fourth-order valence-corrected chi connectivity index (χ4v) is 2.85. The van der Waals surface area contributed by atoms with Crippen molar-refractivity contribution in [1.82, 2.24) is 4.90 Å². The van der Waals surface area contributed by atoms with Gasteiger partial charge in [-0.05, 0) is 22.4 Å². The minimum absolute atomic E-state index is 0.310. The lowest BCUT2D eigenvalue weighted by atomic mass is 10.1. The van der Waals surface area contributed by atoms with Crippen molar-refractivity contribution >= 4 is 17.3 Å². The van der Waals surface area contributed by atoms with Crippen molar-refractivity contribution in [3.05, 3.63) is 22.4 Å². The molecular formula is C11H15NO4S. The van der Waals surface area contributed by atoms with Crippen molar-refractivity contribution in [1.29, 1.82) is 0 Å². The molecule has 17 heavy (non-hydrogen) atoms. The summed E-state index contributed by atoms with van der Waals surface area (Å²) in [6.07, 6.45) is -0.934. The number of methoxy groups -OCH3 is 1. The number of carbonyl (C=O) groups is 1. The number of aliphatic hydroxyl groups is 1. The number of hydrogen-bond donors (Lipinski definition) is 2. The average Bonchev–Trinajstić information content (AvgIpc) is 2.88. The van der Waals surface area contributed by atoms with Gasteiger partial charge in [-0.25, -0.2) is 0 Å². The van der Waals surface area contributed by atoms with E-state index in [2.05, 4.69) is 0 Å². The molecule has 1 aromatic heterocycles. The highest BCUT2D eigenvalue weighted by molar-refractivity contribution is 7.08. The van der Waals surface area contributed by atoms with E-state index in [0.717, 1.165) is 5.56 Å². The van der Waals surface area contributed by atoms with Crippen LogP contribution >= 0.6 is 11.3 Å². The third kappa shape index (κ3) is 2.50. The highest BCUT2D eigenvalue weighted by atomic mass is 32.1. The van der Waals surface area contributed by atoms with Gasteiger partial charge >= 0.3 is 5.97 Å². The van der Waals surface area contributed by atoms with Gasteiger partial charge in [0.25, 0.3) is 0 Å². The van der Waals surface area contributed by atoms with E-state index in [4.69, 9.17) is 4.74 Å². The summed E-state index contributed by atoms with van der Waals surface area (Å²) in [4.78, 5) is 13.1. The molecule has 0 spiro atoms. The Balaban J connectivity index is 2.16. The van der Waals surface area contributed by atoms with Crippen molar-refractivity contribution in [2.24, 2.45) is 0 Å². The zero-order valence-corrected chi connectivity index (χ0v) is 10.3. The van der Waals surface area contributed by atoms with E-state index in [-0.39, 0.29) is 6.10 Å². The summed E-state index contributed by atoms with van der Waals surface area (Å²) in [6.45, 7) is 0.760. The van der Waals surface area contributed by atoms with E-state index in [9.17, 15) is 15.0 Å².